The molecule has 0 spiro atoms. The van der Waals surface area contributed by atoms with Crippen molar-refractivity contribution in [2.45, 2.75) is 82.1 Å². The first-order valence-corrected chi connectivity index (χ1v) is 8.41. The molecule has 2 N–H and O–H groups in total. The Bertz CT molecular complexity index is 334. The van der Waals surface area contributed by atoms with E-state index < -0.39 is 0 Å². The maximum Gasteiger partial charge on any atom is 0.0674 e. The smallest absolute Gasteiger partial charge is 0.0674 e. The van der Waals surface area contributed by atoms with Crippen molar-refractivity contribution in [3.63, 3.8) is 0 Å². The molecule has 1 saturated heterocycles. The summed E-state index contributed by atoms with van der Waals surface area (Å²) in [5.74, 6) is 0. The Kier molecular flexibility index (Phi) is 4.37. The molecule has 116 valence electrons. The maximum absolute atomic E-state index is 9.88. The number of aliphatic hydroxyl groups excluding tert-OH is 1. The van der Waals surface area contributed by atoms with Crippen LogP contribution in [0.25, 0.3) is 0 Å². The van der Waals surface area contributed by atoms with Crippen LogP contribution in [0.1, 0.15) is 52.4 Å². The summed E-state index contributed by atoms with van der Waals surface area (Å²) in [6.45, 7) is 6.64. The van der Waals surface area contributed by atoms with Gasteiger partial charge in [0.2, 0.25) is 0 Å². The minimum atomic E-state index is -0.00827. The Morgan fingerprint density at radius 3 is 2.80 bits per heavy atom. The number of aliphatic hydroxyl groups is 1. The first-order chi connectivity index (χ1) is 9.65. The van der Waals surface area contributed by atoms with Gasteiger partial charge in [-0.15, -0.1) is 0 Å². The fraction of sp³-hybridized carbons (Fsp3) is 1.00. The van der Waals surface area contributed by atoms with Crippen LogP contribution in [0, 0.1) is 0 Å². The van der Waals surface area contributed by atoms with Crippen molar-refractivity contribution in [1.29, 1.82) is 0 Å². The van der Waals surface area contributed by atoms with Crippen LogP contribution in [0.5, 0.6) is 0 Å². The van der Waals surface area contributed by atoms with Gasteiger partial charge in [0.25, 0.3) is 0 Å². The summed E-state index contributed by atoms with van der Waals surface area (Å²) >= 11 is 0. The standard InChI is InChI=1S/C16H30N2O2/c1-3-14-10-20-12(2)9-18(14)15-6-7-16(8-15,11-19)17-13-4-5-13/h12-15,17,19H,3-11H2,1-2H3. The molecule has 0 aromatic carbocycles. The highest BCUT2D eigenvalue weighted by Gasteiger charge is 2.45. The van der Waals surface area contributed by atoms with Gasteiger partial charge in [-0.05, 0) is 45.4 Å². The molecule has 0 aromatic rings. The second-order valence-corrected chi connectivity index (χ2v) is 7.16. The molecule has 0 radical (unpaired) electrons. The van der Waals surface area contributed by atoms with Gasteiger partial charge in [-0.1, -0.05) is 6.92 Å². The Balaban J connectivity index is 1.64. The number of morpholine rings is 1. The summed E-state index contributed by atoms with van der Waals surface area (Å²) in [6, 6.07) is 1.85. The molecule has 3 aliphatic rings. The fourth-order valence-corrected chi connectivity index (χ4v) is 4.03. The Morgan fingerprint density at radius 2 is 2.15 bits per heavy atom. The van der Waals surface area contributed by atoms with E-state index >= 15 is 0 Å². The van der Waals surface area contributed by atoms with Crippen LogP contribution in [0.15, 0.2) is 0 Å². The molecule has 4 unspecified atom stereocenters. The predicted octanol–water partition coefficient (Wildman–Crippen LogP) is 1.52. The molecule has 1 heterocycles. The molecular formula is C16H30N2O2. The summed E-state index contributed by atoms with van der Waals surface area (Å²) in [5, 5.41) is 13.6. The lowest BCUT2D eigenvalue weighted by molar-refractivity contribution is -0.0727. The van der Waals surface area contributed by atoms with Gasteiger partial charge in [0, 0.05) is 30.2 Å². The van der Waals surface area contributed by atoms with Crippen LogP contribution in [0.3, 0.4) is 0 Å². The highest BCUT2D eigenvalue weighted by atomic mass is 16.5. The first kappa shape index (κ1) is 14.8. The number of nitrogens with zero attached hydrogens (tertiary/aromatic N) is 1. The van der Waals surface area contributed by atoms with E-state index in [1.165, 1.54) is 19.3 Å². The van der Waals surface area contributed by atoms with Gasteiger partial charge in [-0.25, -0.2) is 0 Å². The van der Waals surface area contributed by atoms with E-state index in [0.29, 0.717) is 24.2 Å². The van der Waals surface area contributed by atoms with Crippen molar-refractivity contribution >= 4 is 0 Å². The molecule has 3 fully saturated rings. The van der Waals surface area contributed by atoms with Crippen molar-refractivity contribution in [3.05, 3.63) is 0 Å². The number of hydrogen-bond acceptors (Lipinski definition) is 4. The fourth-order valence-electron chi connectivity index (χ4n) is 4.03. The Morgan fingerprint density at radius 1 is 1.35 bits per heavy atom. The average Bonchev–Trinajstić information content (AvgIpc) is 3.16. The van der Waals surface area contributed by atoms with Crippen LogP contribution < -0.4 is 5.32 Å². The van der Waals surface area contributed by atoms with E-state index in [9.17, 15) is 5.11 Å². The summed E-state index contributed by atoms with van der Waals surface area (Å²) in [7, 11) is 0. The summed E-state index contributed by atoms with van der Waals surface area (Å²) in [5.41, 5.74) is -0.00827. The average molecular weight is 282 g/mol. The SMILES string of the molecule is CCC1COC(C)CN1C1CCC(CO)(NC2CC2)C1. The quantitative estimate of drug-likeness (QED) is 0.802. The van der Waals surface area contributed by atoms with E-state index in [4.69, 9.17) is 4.74 Å². The largest absolute Gasteiger partial charge is 0.394 e. The maximum atomic E-state index is 9.88. The third-order valence-electron chi connectivity index (χ3n) is 5.42. The van der Waals surface area contributed by atoms with E-state index in [-0.39, 0.29) is 12.1 Å². The summed E-state index contributed by atoms with van der Waals surface area (Å²) in [6.07, 6.45) is 7.51. The molecule has 2 saturated carbocycles. The van der Waals surface area contributed by atoms with Gasteiger partial charge < -0.3 is 15.2 Å². The lowest BCUT2D eigenvalue weighted by Crippen LogP contribution is -2.54. The van der Waals surface area contributed by atoms with Crippen molar-refractivity contribution in [2.75, 3.05) is 19.8 Å². The van der Waals surface area contributed by atoms with E-state index in [1.807, 2.05) is 0 Å². The molecule has 20 heavy (non-hydrogen) atoms. The first-order valence-electron chi connectivity index (χ1n) is 8.41. The molecule has 0 amide bonds. The number of nitrogens with one attached hydrogen (secondary N) is 1. The van der Waals surface area contributed by atoms with Gasteiger partial charge in [0.1, 0.15) is 0 Å². The zero-order valence-corrected chi connectivity index (χ0v) is 13.0. The molecule has 0 aromatic heterocycles. The van der Waals surface area contributed by atoms with E-state index in [2.05, 4.69) is 24.1 Å². The third kappa shape index (κ3) is 3.03. The number of rotatable bonds is 5. The lowest BCUT2D eigenvalue weighted by atomic mass is 9.97. The van der Waals surface area contributed by atoms with E-state index in [0.717, 1.165) is 32.4 Å². The predicted molar refractivity (Wildman–Crippen MR) is 79.8 cm³/mol. The normalized spacial score (nSPS) is 43.0. The molecule has 1 aliphatic heterocycles. The van der Waals surface area contributed by atoms with Gasteiger partial charge >= 0.3 is 0 Å². The second-order valence-electron chi connectivity index (χ2n) is 7.16. The van der Waals surface area contributed by atoms with Gasteiger partial charge in [-0.3, -0.25) is 4.90 Å². The lowest BCUT2D eigenvalue weighted by Gasteiger charge is -2.42. The van der Waals surface area contributed by atoms with Gasteiger partial charge in [0.15, 0.2) is 0 Å². The molecule has 4 nitrogen and oxygen atoms in total. The van der Waals surface area contributed by atoms with Crippen molar-refractivity contribution in [2.24, 2.45) is 0 Å². The Labute approximate surface area is 122 Å². The van der Waals surface area contributed by atoms with Crippen LogP contribution in [0.4, 0.5) is 0 Å². The van der Waals surface area contributed by atoms with Crippen LogP contribution in [-0.4, -0.2) is 59.5 Å². The minimum Gasteiger partial charge on any atom is -0.394 e. The number of ether oxygens (including phenoxy) is 1. The van der Waals surface area contributed by atoms with Crippen LogP contribution >= 0.6 is 0 Å². The molecular weight excluding hydrogens is 252 g/mol. The van der Waals surface area contributed by atoms with Crippen LogP contribution in [0.2, 0.25) is 0 Å². The summed E-state index contributed by atoms with van der Waals surface area (Å²) in [4.78, 5) is 2.67. The molecule has 0 bridgehead atoms. The Hall–Kier alpha value is -0.160. The number of hydrogen-bond donors (Lipinski definition) is 2. The monoisotopic (exact) mass is 282 g/mol. The van der Waals surface area contributed by atoms with Crippen LogP contribution in [-0.2, 0) is 4.74 Å². The zero-order chi connectivity index (χ0) is 14.2. The third-order valence-corrected chi connectivity index (χ3v) is 5.42. The van der Waals surface area contributed by atoms with Crippen molar-refractivity contribution < 1.29 is 9.84 Å². The van der Waals surface area contributed by atoms with Gasteiger partial charge in [0.05, 0.1) is 19.3 Å². The van der Waals surface area contributed by atoms with E-state index in [1.54, 1.807) is 0 Å². The zero-order valence-electron chi connectivity index (χ0n) is 13.0. The topological polar surface area (TPSA) is 44.7 Å². The second kappa shape index (κ2) is 5.91. The van der Waals surface area contributed by atoms with Crippen molar-refractivity contribution in [3.8, 4) is 0 Å². The summed E-state index contributed by atoms with van der Waals surface area (Å²) < 4.78 is 5.82. The highest BCUT2D eigenvalue weighted by Crippen LogP contribution is 2.37. The van der Waals surface area contributed by atoms with Crippen molar-refractivity contribution in [1.82, 2.24) is 10.2 Å². The highest BCUT2D eigenvalue weighted by molar-refractivity contribution is 5.04. The molecule has 3 rings (SSSR count). The minimum absolute atomic E-state index is 0.00827. The van der Waals surface area contributed by atoms with Gasteiger partial charge in [-0.2, -0.15) is 0 Å². The molecule has 2 aliphatic carbocycles. The molecule has 4 atom stereocenters. The molecule has 4 heteroatoms.